The van der Waals surface area contributed by atoms with Gasteiger partial charge in [-0.05, 0) is 34.0 Å². The number of nitrogens with one attached hydrogen (secondary N) is 1. The highest BCUT2D eigenvalue weighted by atomic mass is 16.3. The molecule has 1 aromatic rings. The van der Waals surface area contributed by atoms with Crippen LogP contribution < -0.4 is 5.32 Å². The van der Waals surface area contributed by atoms with Crippen LogP contribution in [0.15, 0.2) is 10.8 Å². The third kappa shape index (κ3) is 4.44. The van der Waals surface area contributed by atoms with E-state index in [1.165, 1.54) is 6.39 Å². The van der Waals surface area contributed by atoms with E-state index >= 15 is 0 Å². The molecule has 16 heavy (non-hydrogen) atoms. The van der Waals surface area contributed by atoms with Crippen LogP contribution in [0.5, 0.6) is 0 Å². The van der Waals surface area contributed by atoms with E-state index in [1.54, 1.807) is 0 Å². The zero-order valence-electron chi connectivity index (χ0n) is 10.1. The molecular weight excluding hydrogens is 206 g/mol. The van der Waals surface area contributed by atoms with Gasteiger partial charge in [0.15, 0.2) is 6.39 Å². The smallest absolute Gasteiger partial charge is 0.227 e. The van der Waals surface area contributed by atoms with Gasteiger partial charge in [-0.1, -0.05) is 0 Å². The molecule has 0 radical (unpaired) electrons. The lowest BCUT2D eigenvalue weighted by Crippen LogP contribution is -2.28. The Kier molecular flexibility index (Phi) is 4.98. The monoisotopic (exact) mass is 225 g/mol. The summed E-state index contributed by atoms with van der Waals surface area (Å²) >= 11 is 0. The van der Waals surface area contributed by atoms with Crippen molar-refractivity contribution in [3.63, 3.8) is 0 Å². The van der Waals surface area contributed by atoms with Crippen molar-refractivity contribution in [1.82, 2.24) is 15.2 Å². The van der Waals surface area contributed by atoms with E-state index in [-0.39, 0.29) is 12.3 Å². The van der Waals surface area contributed by atoms with E-state index in [4.69, 9.17) is 4.42 Å². The van der Waals surface area contributed by atoms with Crippen LogP contribution in [0.25, 0.3) is 0 Å². The van der Waals surface area contributed by atoms with E-state index in [9.17, 15) is 4.79 Å². The fourth-order valence-electron chi connectivity index (χ4n) is 1.33. The molecule has 0 spiro atoms. The van der Waals surface area contributed by atoms with Crippen LogP contribution in [0, 0.1) is 6.92 Å². The molecule has 1 N–H and O–H groups in total. The first-order valence-electron chi connectivity index (χ1n) is 5.40. The summed E-state index contributed by atoms with van der Waals surface area (Å²) in [5, 5.41) is 2.85. The molecule has 1 heterocycles. The number of aryl methyl sites for hydroxylation is 1. The molecule has 0 saturated heterocycles. The van der Waals surface area contributed by atoms with Crippen LogP contribution in [-0.4, -0.2) is 43.0 Å². The second-order valence-corrected chi connectivity index (χ2v) is 4.04. The number of carbonyl (C=O) groups excluding carboxylic acids is 1. The lowest BCUT2D eigenvalue weighted by atomic mass is 10.2. The Labute approximate surface area is 95.8 Å². The summed E-state index contributed by atoms with van der Waals surface area (Å²) < 4.78 is 5.10. The number of rotatable bonds is 6. The van der Waals surface area contributed by atoms with Crippen LogP contribution in [0.4, 0.5) is 0 Å². The van der Waals surface area contributed by atoms with Crippen molar-refractivity contribution in [2.75, 3.05) is 27.2 Å². The van der Waals surface area contributed by atoms with Gasteiger partial charge in [0.05, 0.1) is 12.1 Å². The average molecular weight is 225 g/mol. The van der Waals surface area contributed by atoms with Gasteiger partial charge in [0.1, 0.15) is 5.76 Å². The van der Waals surface area contributed by atoms with E-state index in [2.05, 4.69) is 15.2 Å². The quantitative estimate of drug-likeness (QED) is 0.720. The topological polar surface area (TPSA) is 58.4 Å². The molecule has 0 aliphatic rings. The first-order chi connectivity index (χ1) is 7.59. The first kappa shape index (κ1) is 12.7. The molecule has 90 valence electrons. The van der Waals surface area contributed by atoms with Gasteiger partial charge in [-0.15, -0.1) is 0 Å². The Morgan fingerprint density at radius 1 is 1.56 bits per heavy atom. The molecule has 0 aromatic carbocycles. The molecule has 0 saturated carbocycles. The maximum atomic E-state index is 11.5. The zero-order chi connectivity index (χ0) is 12.0. The molecule has 5 nitrogen and oxygen atoms in total. The van der Waals surface area contributed by atoms with Crippen LogP contribution in [0.3, 0.4) is 0 Å². The Morgan fingerprint density at radius 2 is 2.31 bits per heavy atom. The summed E-state index contributed by atoms with van der Waals surface area (Å²) in [5.74, 6) is 0.628. The van der Waals surface area contributed by atoms with Crippen molar-refractivity contribution in [2.45, 2.75) is 19.8 Å². The van der Waals surface area contributed by atoms with Crippen LogP contribution in [0.1, 0.15) is 17.9 Å². The maximum Gasteiger partial charge on any atom is 0.227 e. The number of oxazole rings is 1. The molecule has 1 rings (SSSR count). The Bertz CT molecular complexity index is 334. The summed E-state index contributed by atoms with van der Waals surface area (Å²) in [5.41, 5.74) is 0.781. The third-order valence-corrected chi connectivity index (χ3v) is 2.27. The predicted octanol–water partition coefficient (Wildman–Crippen LogP) is 0.593. The number of nitrogens with zero attached hydrogens (tertiary/aromatic N) is 2. The summed E-state index contributed by atoms with van der Waals surface area (Å²) in [6, 6.07) is 0. The largest absolute Gasteiger partial charge is 0.448 e. The number of hydrogen-bond acceptors (Lipinski definition) is 4. The Hall–Kier alpha value is -1.36. The summed E-state index contributed by atoms with van der Waals surface area (Å²) in [4.78, 5) is 17.5. The minimum Gasteiger partial charge on any atom is -0.448 e. The van der Waals surface area contributed by atoms with E-state index in [0.717, 1.165) is 18.7 Å². The van der Waals surface area contributed by atoms with Crippen molar-refractivity contribution in [3.05, 3.63) is 17.8 Å². The molecular formula is C11H19N3O2. The molecule has 0 aliphatic heterocycles. The van der Waals surface area contributed by atoms with E-state index in [0.29, 0.717) is 12.3 Å². The molecule has 1 aromatic heterocycles. The minimum atomic E-state index is -0.0152. The third-order valence-electron chi connectivity index (χ3n) is 2.27. The highest BCUT2D eigenvalue weighted by molar-refractivity contribution is 5.78. The average Bonchev–Trinajstić information content (AvgIpc) is 2.59. The first-order valence-corrected chi connectivity index (χ1v) is 5.40. The van der Waals surface area contributed by atoms with Crippen molar-refractivity contribution in [1.29, 1.82) is 0 Å². The number of aromatic nitrogens is 1. The van der Waals surface area contributed by atoms with Gasteiger partial charge in [-0.25, -0.2) is 4.98 Å². The van der Waals surface area contributed by atoms with Gasteiger partial charge in [0, 0.05) is 6.54 Å². The van der Waals surface area contributed by atoms with Gasteiger partial charge in [0.2, 0.25) is 5.91 Å². The molecule has 0 atom stereocenters. The Morgan fingerprint density at radius 3 is 2.88 bits per heavy atom. The summed E-state index contributed by atoms with van der Waals surface area (Å²) in [6.07, 6.45) is 2.59. The fraction of sp³-hybridized carbons (Fsp3) is 0.636. The second-order valence-electron chi connectivity index (χ2n) is 4.04. The van der Waals surface area contributed by atoms with Gasteiger partial charge in [-0.2, -0.15) is 0 Å². The van der Waals surface area contributed by atoms with Crippen molar-refractivity contribution in [2.24, 2.45) is 0 Å². The summed E-state index contributed by atoms with van der Waals surface area (Å²) in [6.45, 7) is 3.50. The van der Waals surface area contributed by atoms with Crippen molar-refractivity contribution >= 4 is 5.91 Å². The zero-order valence-corrected chi connectivity index (χ0v) is 10.1. The minimum absolute atomic E-state index is 0.0152. The molecule has 5 heteroatoms. The van der Waals surface area contributed by atoms with Crippen LogP contribution >= 0.6 is 0 Å². The standard InChI is InChI=1S/C11H19N3O2/c1-9-10(16-8-13-9)7-11(15)12-5-4-6-14(2)3/h8H,4-7H2,1-3H3,(H,12,15). The lowest BCUT2D eigenvalue weighted by Gasteiger charge is -2.09. The van der Waals surface area contributed by atoms with Gasteiger partial charge >= 0.3 is 0 Å². The van der Waals surface area contributed by atoms with E-state index < -0.39 is 0 Å². The van der Waals surface area contributed by atoms with Crippen LogP contribution in [-0.2, 0) is 11.2 Å². The molecule has 0 aliphatic carbocycles. The highest BCUT2D eigenvalue weighted by Gasteiger charge is 2.08. The number of carbonyl (C=O) groups is 1. The normalized spacial score (nSPS) is 10.8. The molecule has 0 fully saturated rings. The molecule has 1 amide bonds. The number of hydrogen-bond donors (Lipinski definition) is 1. The summed E-state index contributed by atoms with van der Waals surface area (Å²) in [7, 11) is 4.03. The number of amides is 1. The van der Waals surface area contributed by atoms with Gasteiger partial charge in [0.25, 0.3) is 0 Å². The van der Waals surface area contributed by atoms with Gasteiger partial charge < -0.3 is 14.6 Å². The maximum absolute atomic E-state index is 11.5. The predicted molar refractivity (Wildman–Crippen MR) is 61.1 cm³/mol. The molecule has 0 bridgehead atoms. The molecule has 0 unspecified atom stereocenters. The SMILES string of the molecule is Cc1ncoc1CC(=O)NCCCN(C)C. The lowest BCUT2D eigenvalue weighted by molar-refractivity contribution is -0.120. The van der Waals surface area contributed by atoms with Crippen molar-refractivity contribution < 1.29 is 9.21 Å². The second kappa shape index (κ2) is 6.27. The Balaban J connectivity index is 2.19. The highest BCUT2D eigenvalue weighted by Crippen LogP contribution is 2.05. The van der Waals surface area contributed by atoms with Crippen LogP contribution in [0.2, 0.25) is 0 Å². The van der Waals surface area contributed by atoms with Crippen molar-refractivity contribution in [3.8, 4) is 0 Å². The van der Waals surface area contributed by atoms with E-state index in [1.807, 2.05) is 21.0 Å². The van der Waals surface area contributed by atoms with Gasteiger partial charge in [-0.3, -0.25) is 4.79 Å². The fourth-order valence-corrected chi connectivity index (χ4v) is 1.33.